The number of esters is 1. The summed E-state index contributed by atoms with van der Waals surface area (Å²) < 4.78 is 70.5. The number of rotatable bonds is 18. The van der Waals surface area contributed by atoms with Crippen molar-refractivity contribution in [3.63, 3.8) is 0 Å². The largest absolute Gasteiger partial charge is 0.459 e. The molecule has 1 fully saturated rings. The molecule has 0 unspecified atom stereocenters. The molecule has 0 saturated carbocycles. The SMILES string of the molecule is O=C(CN1CCOCC1)N[C@@H](Cc1ccccc1)C(=O)N[C@@H](COC(F)F)C(=O)N[C@@H](COC(F)F)C(=O)OCc1ccccc1. The summed E-state index contributed by atoms with van der Waals surface area (Å²) in [6, 6.07) is 12.0. The van der Waals surface area contributed by atoms with E-state index >= 15 is 0 Å². The van der Waals surface area contributed by atoms with Crippen LogP contribution in [0.4, 0.5) is 17.6 Å². The fourth-order valence-electron chi connectivity index (χ4n) is 4.32. The van der Waals surface area contributed by atoms with Gasteiger partial charge in [0.1, 0.15) is 18.7 Å². The second-order valence-electron chi connectivity index (χ2n) is 10.1. The lowest BCUT2D eigenvalue weighted by atomic mass is 10.0. The van der Waals surface area contributed by atoms with Gasteiger partial charge in [-0.2, -0.15) is 17.6 Å². The van der Waals surface area contributed by atoms with E-state index in [1.54, 1.807) is 60.7 Å². The molecule has 1 aliphatic heterocycles. The second kappa shape index (κ2) is 19.4. The molecule has 3 amide bonds. The molecular formula is C30H36F4N4O8. The summed E-state index contributed by atoms with van der Waals surface area (Å²) in [7, 11) is 0. The number of nitrogens with zero attached hydrogens (tertiary/aromatic N) is 1. The maximum atomic E-state index is 13.4. The van der Waals surface area contributed by atoms with Crippen LogP contribution in [-0.4, -0.2) is 106 Å². The first kappa shape index (κ1) is 36.3. The van der Waals surface area contributed by atoms with Crippen LogP contribution in [0.1, 0.15) is 11.1 Å². The van der Waals surface area contributed by atoms with Gasteiger partial charge in [-0.25, -0.2) is 4.79 Å². The highest BCUT2D eigenvalue weighted by Gasteiger charge is 2.32. The molecule has 0 aromatic heterocycles. The number of alkyl halides is 4. The van der Waals surface area contributed by atoms with Crippen molar-refractivity contribution >= 4 is 23.7 Å². The first-order chi connectivity index (χ1) is 22.1. The summed E-state index contributed by atoms with van der Waals surface area (Å²) in [5, 5.41) is 6.99. The van der Waals surface area contributed by atoms with E-state index in [-0.39, 0.29) is 19.6 Å². The fraction of sp³-hybridized carbons (Fsp3) is 0.467. The smallest absolute Gasteiger partial charge is 0.345 e. The Balaban J connectivity index is 1.73. The average Bonchev–Trinajstić information content (AvgIpc) is 3.04. The van der Waals surface area contributed by atoms with Crippen molar-refractivity contribution < 1.29 is 55.7 Å². The van der Waals surface area contributed by atoms with Gasteiger partial charge in [0.25, 0.3) is 0 Å². The topological polar surface area (TPSA) is 145 Å². The van der Waals surface area contributed by atoms with Crippen LogP contribution >= 0.6 is 0 Å². The standard InChI is InChI=1S/C30H36F4N4O8/c31-29(32)45-18-23(27(41)37-24(19-46-30(33)34)28(42)44-17-21-9-5-2-6-10-21)36-26(40)22(15-20-7-3-1-4-8-20)35-25(39)16-38-11-13-43-14-12-38/h1-10,22-24,29-30H,11-19H2,(H,35,39)(H,36,40)(H,37,41)/t22-,23-,24-/m0/s1. The van der Waals surface area contributed by atoms with Crippen molar-refractivity contribution in [1.29, 1.82) is 0 Å². The minimum atomic E-state index is -3.34. The van der Waals surface area contributed by atoms with Crippen LogP contribution in [0.3, 0.4) is 0 Å². The monoisotopic (exact) mass is 656 g/mol. The third kappa shape index (κ3) is 13.5. The Morgan fingerprint density at radius 2 is 1.24 bits per heavy atom. The minimum Gasteiger partial charge on any atom is -0.459 e. The van der Waals surface area contributed by atoms with Crippen molar-refractivity contribution in [3.05, 3.63) is 71.8 Å². The number of hydrogen-bond donors (Lipinski definition) is 3. The number of carbonyl (C=O) groups excluding carboxylic acids is 4. The van der Waals surface area contributed by atoms with E-state index in [1.807, 2.05) is 4.90 Å². The quantitative estimate of drug-likeness (QED) is 0.160. The molecule has 3 N–H and O–H groups in total. The van der Waals surface area contributed by atoms with Gasteiger partial charge in [-0.3, -0.25) is 19.3 Å². The number of ether oxygens (including phenoxy) is 4. The molecule has 0 spiro atoms. The lowest BCUT2D eigenvalue weighted by Gasteiger charge is -2.28. The summed E-state index contributed by atoms with van der Waals surface area (Å²) in [5.74, 6) is -3.82. The minimum absolute atomic E-state index is 0.0256. The first-order valence-electron chi connectivity index (χ1n) is 14.3. The summed E-state index contributed by atoms with van der Waals surface area (Å²) in [6.45, 7) is -7.17. The highest BCUT2D eigenvalue weighted by molar-refractivity contribution is 5.94. The lowest BCUT2D eigenvalue weighted by molar-refractivity contribution is -0.163. The number of hydrogen-bond acceptors (Lipinski definition) is 9. The Hall–Kier alpha value is -4.12. The van der Waals surface area contributed by atoms with Crippen LogP contribution < -0.4 is 16.0 Å². The second-order valence-corrected chi connectivity index (χ2v) is 10.1. The Bertz CT molecular complexity index is 1240. The predicted octanol–water partition coefficient (Wildman–Crippen LogP) is 1.24. The van der Waals surface area contributed by atoms with Crippen molar-refractivity contribution in [3.8, 4) is 0 Å². The normalized spacial score (nSPS) is 15.5. The van der Waals surface area contributed by atoms with Gasteiger partial charge in [0.05, 0.1) is 33.0 Å². The number of halogens is 4. The zero-order valence-electron chi connectivity index (χ0n) is 24.7. The van der Waals surface area contributed by atoms with Gasteiger partial charge in [0.2, 0.25) is 17.7 Å². The van der Waals surface area contributed by atoms with Crippen LogP contribution in [0.5, 0.6) is 0 Å². The van der Waals surface area contributed by atoms with Gasteiger partial charge in [0.15, 0.2) is 6.04 Å². The Labute approximate surface area is 262 Å². The third-order valence-electron chi connectivity index (χ3n) is 6.64. The molecule has 16 heteroatoms. The number of carbonyl (C=O) groups is 4. The van der Waals surface area contributed by atoms with Crippen molar-refractivity contribution in [1.82, 2.24) is 20.9 Å². The predicted molar refractivity (Wildman–Crippen MR) is 153 cm³/mol. The van der Waals surface area contributed by atoms with Crippen molar-refractivity contribution in [2.75, 3.05) is 46.1 Å². The summed E-state index contributed by atoms with van der Waals surface area (Å²) >= 11 is 0. The van der Waals surface area contributed by atoms with Crippen LogP contribution in [0.2, 0.25) is 0 Å². The molecule has 0 radical (unpaired) electrons. The molecule has 1 saturated heterocycles. The molecule has 2 aromatic carbocycles. The zero-order valence-corrected chi connectivity index (χ0v) is 24.7. The Kier molecular flexibility index (Phi) is 15.3. The molecular weight excluding hydrogens is 620 g/mol. The molecule has 1 heterocycles. The van der Waals surface area contributed by atoms with Gasteiger partial charge in [-0.1, -0.05) is 60.7 Å². The molecule has 46 heavy (non-hydrogen) atoms. The third-order valence-corrected chi connectivity index (χ3v) is 6.64. The van der Waals surface area contributed by atoms with Gasteiger partial charge >= 0.3 is 19.2 Å². The van der Waals surface area contributed by atoms with E-state index in [4.69, 9.17) is 9.47 Å². The number of benzene rings is 2. The Morgan fingerprint density at radius 3 is 1.83 bits per heavy atom. The van der Waals surface area contributed by atoms with Crippen LogP contribution in [0.25, 0.3) is 0 Å². The summed E-state index contributed by atoms with van der Waals surface area (Å²) in [6.07, 6.45) is -0.0256. The van der Waals surface area contributed by atoms with Crippen LogP contribution in [0.15, 0.2) is 60.7 Å². The zero-order chi connectivity index (χ0) is 33.3. The van der Waals surface area contributed by atoms with Crippen LogP contribution in [-0.2, 0) is 51.2 Å². The molecule has 12 nitrogen and oxygen atoms in total. The molecule has 252 valence electrons. The molecule has 2 aromatic rings. The molecule has 0 bridgehead atoms. The van der Waals surface area contributed by atoms with E-state index < -0.39 is 68.3 Å². The fourth-order valence-corrected chi connectivity index (χ4v) is 4.32. The Morgan fingerprint density at radius 1 is 0.717 bits per heavy atom. The van der Waals surface area contributed by atoms with Crippen LogP contribution in [0, 0.1) is 0 Å². The summed E-state index contributed by atoms with van der Waals surface area (Å²) in [5.41, 5.74) is 1.20. The van der Waals surface area contributed by atoms with E-state index in [9.17, 15) is 36.7 Å². The number of morpholine rings is 1. The van der Waals surface area contributed by atoms with Gasteiger partial charge in [-0.05, 0) is 11.1 Å². The number of nitrogens with one attached hydrogen (secondary N) is 3. The molecule has 3 rings (SSSR count). The number of amides is 3. The molecule has 3 atom stereocenters. The van der Waals surface area contributed by atoms with Crippen molar-refractivity contribution in [2.45, 2.75) is 44.4 Å². The van der Waals surface area contributed by atoms with E-state index in [0.717, 1.165) is 0 Å². The first-order valence-corrected chi connectivity index (χ1v) is 14.3. The van der Waals surface area contributed by atoms with E-state index in [2.05, 4.69) is 25.4 Å². The molecule has 1 aliphatic rings. The highest BCUT2D eigenvalue weighted by Crippen LogP contribution is 2.08. The van der Waals surface area contributed by atoms with Gasteiger partial charge in [-0.15, -0.1) is 0 Å². The summed E-state index contributed by atoms with van der Waals surface area (Å²) in [4.78, 5) is 54.0. The van der Waals surface area contributed by atoms with E-state index in [0.29, 0.717) is 37.4 Å². The highest BCUT2D eigenvalue weighted by atomic mass is 19.3. The maximum Gasteiger partial charge on any atom is 0.345 e. The van der Waals surface area contributed by atoms with Gasteiger partial charge in [0, 0.05) is 19.5 Å². The van der Waals surface area contributed by atoms with Gasteiger partial charge < -0.3 is 34.9 Å². The average molecular weight is 657 g/mol. The van der Waals surface area contributed by atoms with E-state index in [1.165, 1.54) is 0 Å². The maximum absolute atomic E-state index is 13.4. The molecule has 0 aliphatic carbocycles. The lowest BCUT2D eigenvalue weighted by Crippen LogP contribution is -2.59. The van der Waals surface area contributed by atoms with Crippen molar-refractivity contribution in [2.24, 2.45) is 0 Å².